The molecular weight excluding hydrogens is 339 g/mol. The molecular formula is C16H12Cl2N2O3. The third kappa shape index (κ3) is 2.85. The molecule has 5 nitrogen and oxygen atoms in total. The Morgan fingerprint density at radius 2 is 1.91 bits per heavy atom. The van der Waals surface area contributed by atoms with Gasteiger partial charge in [0.05, 0.1) is 18.1 Å². The second-order valence-electron chi connectivity index (χ2n) is 4.94. The van der Waals surface area contributed by atoms with Gasteiger partial charge in [-0.25, -0.2) is 9.59 Å². The van der Waals surface area contributed by atoms with E-state index < -0.39 is 17.7 Å². The number of nitrogens with zero attached hydrogens (tertiary/aromatic N) is 1. The van der Waals surface area contributed by atoms with Crippen molar-refractivity contribution >= 4 is 40.2 Å². The van der Waals surface area contributed by atoms with E-state index in [2.05, 4.69) is 4.98 Å². The highest BCUT2D eigenvalue weighted by molar-refractivity contribution is 6.31. The molecule has 0 fully saturated rings. The highest BCUT2D eigenvalue weighted by Gasteiger charge is 2.27. The molecule has 1 unspecified atom stereocenters. The first-order chi connectivity index (χ1) is 11.0. The van der Waals surface area contributed by atoms with Crippen molar-refractivity contribution in [3.8, 4) is 0 Å². The molecule has 0 radical (unpaired) electrons. The van der Waals surface area contributed by atoms with Gasteiger partial charge in [-0.05, 0) is 35.9 Å². The Morgan fingerprint density at radius 1 is 1.17 bits per heavy atom. The number of H-pyrrole nitrogens is 1. The van der Waals surface area contributed by atoms with Gasteiger partial charge in [0.2, 0.25) is 0 Å². The Hall–Kier alpha value is -2.24. The lowest BCUT2D eigenvalue weighted by Gasteiger charge is -2.17. The highest BCUT2D eigenvalue weighted by atomic mass is 35.5. The molecule has 118 valence electrons. The number of esters is 1. The van der Waals surface area contributed by atoms with E-state index in [1.54, 1.807) is 42.5 Å². The van der Waals surface area contributed by atoms with E-state index in [-0.39, 0.29) is 0 Å². The Morgan fingerprint density at radius 3 is 2.61 bits per heavy atom. The van der Waals surface area contributed by atoms with Gasteiger partial charge in [-0.15, -0.1) is 0 Å². The van der Waals surface area contributed by atoms with Crippen LogP contribution < -0.4 is 5.69 Å². The predicted molar refractivity (Wildman–Crippen MR) is 89.2 cm³/mol. The number of fused-ring (bicyclic) bond motifs is 1. The van der Waals surface area contributed by atoms with Crippen molar-refractivity contribution in [1.29, 1.82) is 0 Å². The number of hydrogen-bond donors (Lipinski definition) is 1. The topological polar surface area (TPSA) is 64.1 Å². The minimum absolute atomic E-state index is 0.433. The molecule has 1 atom stereocenters. The summed E-state index contributed by atoms with van der Waals surface area (Å²) in [6.07, 6.45) is 0. The van der Waals surface area contributed by atoms with Gasteiger partial charge >= 0.3 is 11.7 Å². The molecule has 23 heavy (non-hydrogen) atoms. The van der Waals surface area contributed by atoms with E-state index in [1.165, 1.54) is 11.7 Å². The van der Waals surface area contributed by atoms with Crippen LogP contribution in [0.2, 0.25) is 10.0 Å². The smallest absolute Gasteiger partial charge is 0.333 e. The average Bonchev–Trinajstić information content (AvgIpc) is 2.83. The molecule has 3 aromatic rings. The van der Waals surface area contributed by atoms with Gasteiger partial charge in [0, 0.05) is 10.0 Å². The van der Waals surface area contributed by atoms with Gasteiger partial charge in [0.1, 0.15) is 0 Å². The lowest BCUT2D eigenvalue weighted by molar-refractivity contribution is -0.143. The number of imidazole rings is 1. The quantitative estimate of drug-likeness (QED) is 0.736. The number of aromatic amines is 1. The van der Waals surface area contributed by atoms with Crippen molar-refractivity contribution in [3.63, 3.8) is 0 Å². The van der Waals surface area contributed by atoms with E-state index in [9.17, 15) is 9.59 Å². The molecule has 0 amide bonds. The number of ether oxygens (including phenoxy) is 1. The Kier molecular flexibility index (Phi) is 4.15. The summed E-state index contributed by atoms with van der Waals surface area (Å²) in [4.78, 5) is 27.4. The number of benzene rings is 2. The standard InChI is InChI=1S/C16H12Cl2N2O3/c1-23-15(21)14(9-3-2-4-10(17)7-9)20-13-6-5-11(18)8-12(13)19-16(20)22/h2-8,14H,1H3,(H,19,22). The fourth-order valence-corrected chi connectivity index (χ4v) is 2.91. The molecule has 0 saturated heterocycles. The number of aromatic nitrogens is 2. The number of carbonyl (C=O) groups excluding carboxylic acids is 1. The van der Waals surface area contributed by atoms with E-state index in [4.69, 9.17) is 27.9 Å². The van der Waals surface area contributed by atoms with Crippen LogP contribution in [0.25, 0.3) is 11.0 Å². The van der Waals surface area contributed by atoms with Crippen molar-refractivity contribution in [2.75, 3.05) is 7.11 Å². The molecule has 3 rings (SSSR count). The van der Waals surface area contributed by atoms with Crippen LogP contribution in [0.4, 0.5) is 0 Å². The first kappa shape index (κ1) is 15.6. The van der Waals surface area contributed by atoms with Crippen molar-refractivity contribution in [3.05, 3.63) is 68.6 Å². The Balaban J connectivity index is 2.28. The number of nitrogens with one attached hydrogen (secondary N) is 1. The largest absolute Gasteiger partial charge is 0.467 e. The van der Waals surface area contributed by atoms with Crippen molar-refractivity contribution in [1.82, 2.24) is 9.55 Å². The fraction of sp³-hybridized carbons (Fsp3) is 0.125. The molecule has 0 aliphatic carbocycles. The van der Waals surface area contributed by atoms with Crippen LogP contribution >= 0.6 is 23.2 Å². The first-order valence-electron chi connectivity index (χ1n) is 6.74. The van der Waals surface area contributed by atoms with Crippen LogP contribution in [0.3, 0.4) is 0 Å². The summed E-state index contributed by atoms with van der Waals surface area (Å²) in [7, 11) is 1.27. The van der Waals surface area contributed by atoms with E-state index in [0.717, 1.165) is 0 Å². The monoisotopic (exact) mass is 350 g/mol. The molecule has 7 heteroatoms. The zero-order valence-electron chi connectivity index (χ0n) is 12.0. The lowest BCUT2D eigenvalue weighted by Crippen LogP contribution is -2.29. The van der Waals surface area contributed by atoms with E-state index in [0.29, 0.717) is 26.6 Å². The summed E-state index contributed by atoms with van der Waals surface area (Å²) in [5.74, 6) is -0.565. The number of methoxy groups -OCH3 is 1. The molecule has 0 saturated carbocycles. The van der Waals surface area contributed by atoms with Crippen LogP contribution in [0.15, 0.2) is 47.3 Å². The summed E-state index contributed by atoms with van der Waals surface area (Å²) in [6, 6.07) is 10.8. The van der Waals surface area contributed by atoms with Gasteiger partial charge in [0.15, 0.2) is 6.04 Å². The van der Waals surface area contributed by atoms with E-state index in [1.807, 2.05) is 0 Å². The summed E-state index contributed by atoms with van der Waals surface area (Å²) in [5, 5.41) is 0.954. The SMILES string of the molecule is COC(=O)C(c1cccc(Cl)c1)n1c(=O)[nH]c2cc(Cl)ccc21. The van der Waals surface area contributed by atoms with Crippen LogP contribution in [-0.2, 0) is 9.53 Å². The van der Waals surface area contributed by atoms with Crippen LogP contribution in [0.1, 0.15) is 11.6 Å². The summed E-state index contributed by atoms with van der Waals surface area (Å²) in [5.41, 5.74) is 1.22. The second kappa shape index (κ2) is 6.10. The van der Waals surface area contributed by atoms with Gasteiger partial charge in [-0.3, -0.25) is 4.57 Å². The van der Waals surface area contributed by atoms with Gasteiger partial charge < -0.3 is 9.72 Å². The molecule has 2 aromatic carbocycles. The maximum absolute atomic E-state index is 12.4. The summed E-state index contributed by atoms with van der Waals surface area (Å²) < 4.78 is 6.21. The van der Waals surface area contributed by atoms with Crippen molar-refractivity contribution in [2.24, 2.45) is 0 Å². The van der Waals surface area contributed by atoms with E-state index >= 15 is 0 Å². The predicted octanol–water partition coefficient (Wildman–Crippen LogP) is 3.40. The average molecular weight is 351 g/mol. The van der Waals surface area contributed by atoms with Crippen molar-refractivity contribution in [2.45, 2.75) is 6.04 Å². The molecule has 0 bridgehead atoms. The van der Waals surface area contributed by atoms with Gasteiger partial charge in [-0.1, -0.05) is 35.3 Å². The van der Waals surface area contributed by atoms with Gasteiger partial charge in [-0.2, -0.15) is 0 Å². The van der Waals surface area contributed by atoms with Crippen LogP contribution in [0.5, 0.6) is 0 Å². The zero-order valence-corrected chi connectivity index (χ0v) is 13.6. The summed E-state index contributed by atoms with van der Waals surface area (Å²) in [6.45, 7) is 0. The molecule has 1 aromatic heterocycles. The van der Waals surface area contributed by atoms with Crippen LogP contribution in [-0.4, -0.2) is 22.6 Å². The Labute approximate surface area is 141 Å². The minimum Gasteiger partial charge on any atom is -0.467 e. The maximum atomic E-state index is 12.4. The first-order valence-corrected chi connectivity index (χ1v) is 7.50. The summed E-state index contributed by atoms with van der Waals surface area (Å²) >= 11 is 12.0. The third-order valence-electron chi connectivity index (χ3n) is 3.53. The normalized spacial score (nSPS) is 12.3. The molecule has 0 spiro atoms. The number of rotatable bonds is 3. The Bertz CT molecular complexity index is 946. The number of carbonyl (C=O) groups is 1. The molecule has 0 aliphatic heterocycles. The molecule has 1 heterocycles. The maximum Gasteiger partial charge on any atom is 0.333 e. The molecule has 1 N–H and O–H groups in total. The third-order valence-corrected chi connectivity index (χ3v) is 4.00. The van der Waals surface area contributed by atoms with Crippen molar-refractivity contribution < 1.29 is 9.53 Å². The minimum atomic E-state index is -0.943. The number of hydrogen-bond acceptors (Lipinski definition) is 3. The van der Waals surface area contributed by atoms with Gasteiger partial charge in [0.25, 0.3) is 0 Å². The zero-order chi connectivity index (χ0) is 16.6. The fourth-order valence-electron chi connectivity index (χ4n) is 2.54. The number of halogens is 2. The highest BCUT2D eigenvalue weighted by Crippen LogP contribution is 2.26. The second-order valence-corrected chi connectivity index (χ2v) is 5.82. The van der Waals surface area contributed by atoms with Crippen LogP contribution in [0, 0.1) is 0 Å². The lowest BCUT2D eigenvalue weighted by atomic mass is 10.1. The molecule has 0 aliphatic rings.